The molecule has 1 rings (SSSR count). The number of rotatable bonds is 6. The van der Waals surface area contributed by atoms with Gasteiger partial charge in [-0.2, -0.15) is 0 Å². The average Bonchev–Trinajstić information content (AvgIpc) is 2.38. The van der Waals surface area contributed by atoms with Crippen LogP contribution < -0.4 is 10.0 Å². The summed E-state index contributed by atoms with van der Waals surface area (Å²) in [7, 11) is -3.97. The number of hydrogen-bond acceptors (Lipinski definition) is 4. The van der Waals surface area contributed by atoms with Gasteiger partial charge in [0, 0.05) is 12.1 Å². The second kappa shape index (κ2) is 7.04. The quantitative estimate of drug-likeness (QED) is 0.617. The Labute approximate surface area is 118 Å². The maximum atomic E-state index is 12.0. The van der Waals surface area contributed by atoms with Crippen molar-refractivity contribution in [1.82, 2.24) is 10.0 Å². The molecule has 0 aliphatic carbocycles. The number of nitrogens with one attached hydrogen (secondary N) is 2. The van der Waals surface area contributed by atoms with E-state index in [2.05, 4.69) is 5.32 Å². The van der Waals surface area contributed by atoms with Gasteiger partial charge in [0.25, 0.3) is 10.0 Å². The smallest absolute Gasteiger partial charge is 0.328 e. The summed E-state index contributed by atoms with van der Waals surface area (Å²) >= 11 is 0. The van der Waals surface area contributed by atoms with E-state index in [-0.39, 0.29) is 16.2 Å². The second-order valence-corrected chi connectivity index (χ2v) is 5.98. The van der Waals surface area contributed by atoms with Crippen LogP contribution >= 0.6 is 0 Å². The van der Waals surface area contributed by atoms with Crippen molar-refractivity contribution in [3.05, 3.63) is 29.8 Å². The Morgan fingerprint density at radius 1 is 1.25 bits per heavy atom. The van der Waals surface area contributed by atoms with Crippen molar-refractivity contribution in [2.45, 2.75) is 31.6 Å². The Bertz CT molecular complexity index is 596. The van der Waals surface area contributed by atoms with E-state index in [1.54, 1.807) is 0 Å². The van der Waals surface area contributed by atoms with E-state index in [9.17, 15) is 18.0 Å². The van der Waals surface area contributed by atoms with Crippen LogP contribution in [0.25, 0.3) is 0 Å². The number of unbranched alkanes of at least 4 members (excludes halogenated alkanes) is 1. The number of urea groups is 1. The van der Waals surface area contributed by atoms with Crippen molar-refractivity contribution in [2.75, 3.05) is 6.54 Å². The summed E-state index contributed by atoms with van der Waals surface area (Å²) in [6.45, 7) is 3.71. The van der Waals surface area contributed by atoms with Gasteiger partial charge in [0.1, 0.15) is 0 Å². The standard InChI is InChI=1S/C13H18N2O4S/c1-3-4-8-14-13(17)15-20(18,19)12-7-5-6-11(9-12)10(2)16/h5-7,9H,3-4,8H2,1-2H3,(H2,14,15,17). The molecule has 1 aromatic rings. The molecule has 110 valence electrons. The zero-order chi connectivity index (χ0) is 15.2. The van der Waals surface area contributed by atoms with E-state index < -0.39 is 16.1 Å². The van der Waals surface area contributed by atoms with Crippen LogP contribution in [-0.2, 0) is 10.0 Å². The van der Waals surface area contributed by atoms with Crippen LogP contribution in [0.3, 0.4) is 0 Å². The molecule has 0 saturated heterocycles. The second-order valence-electron chi connectivity index (χ2n) is 4.30. The van der Waals surface area contributed by atoms with Crippen molar-refractivity contribution in [2.24, 2.45) is 0 Å². The molecule has 7 heteroatoms. The van der Waals surface area contributed by atoms with E-state index in [0.717, 1.165) is 12.8 Å². The van der Waals surface area contributed by atoms with Crippen LogP contribution in [0, 0.1) is 0 Å². The largest absolute Gasteiger partial charge is 0.337 e. The van der Waals surface area contributed by atoms with Crippen molar-refractivity contribution in [1.29, 1.82) is 0 Å². The topological polar surface area (TPSA) is 92.3 Å². The van der Waals surface area contributed by atoms with Crippen LogP contribution in [0.1, 0.15) is 37.0 Å². The Morgan fingerprint density at radius 2 is 1.95 bits per heavy atom. The van der Waals surface area contributed by atoms with E-state index >= 15 is 0 Å². The van der Waals surface area contributed by atoms with Gasteiger partial charge in [0.2, 0.25) is 0 Å². The third-order valence-corrected chi connectivity index (χ3v) is 3.92. The predicted octanol–water partition coefficient (Wildman–Crippen LogP) is 1.68. The SMILES string of the molecule is CCCCNC(=O)NS(=O)(=O)c1cccc(C(C)=O)c1. The molecule has 0 aliphatic rings. The molecule has 6 nitrogen and oxygen atoms in total. The first-order valence-corrected chi connectivity index (χ1v) is 7.77. The molecule has 0 unspecified atom stereocenters. The Hall–Kier alpha value is -1.89. The lowest BCUT2D eigenvalue weighted by atomic mass is 10.2. The van der Waals surface area contributed by atoms with Crippen LogP contribution in [0.5, 0.6) is 0 Å². The third kappa shape index (κ3) is 4.65. The van der Waals surface area contributed by atoms with E-state index in [1.165, 1.54) is 31.2 Å². The lowest BCUT2D eigenvalue weighted by Crippen LogP contribution is -2.39. The van der Waals surface area contributed by atoms with Gasteiger partial charge in [-0.1, -0.05) is 25.5 Å². The van der Waals surface area contributed by atoms with Gasteiger partial charge in [-0.25, -0.2) is 17.9 Å². The normalized spacial score (nSPS) is 10.9. The third-order valence-electron chi connectivity index (χ3n) is 2.59. The summed E-state index contributed by atoms with van der Waals surface area (Å²) in [5.41, 5.74) is 0.277. The highest BCUT2D eigenvalue weighted by atomic mass is 32.2. The summed E-state index contributed by atoms with van der Waals surface area (Å²) in [5, 5.41) is 2.45. The van der Waals surface area contributed by atoms with Gasteiger partial charge in [-0.15, -0.1) is 0 Å². The summed E-state index contributed by atoms with van der Waals surface area (Å²) in [6.07, 6.45) is 1.67. The number of sulfonamides is 1. The Morgan fingerprint density at radius 3 is 2.55 bits per heavy atom. The molecule has 0 bridgehead atoms. The van der Waals surface area contributed by atoms with Crippen LogP contribution in [-0.4, -0.2) is 26.8 Å². The minimum atomic E-state index is -3.97. The van der Waals surface area contributed by atoms with Gasteiger partial charge in [-0.05, 0) is 25.5 Å². The predicted molar refractivity (Wildman–Crippen MR) is 75.1 cm³/mol. The molecule has 20 heavy (non-hydrogen) atoms. The highest BCUT2D eigenvalue weighted by Crippen LogP contribution is 2.11. The Balaban J connectivity index is 2.81. The fourth-order valence-corrected chi connectivity index (χ4v) is 2.45. The molecule has 0 aromatic heterocycles. The van der Waals surface area contributed by atoms with Crippen molar-refractivity contribution >= 4 is 21.8 Å². The molecule has 0 atom stereocenters. The van der Waals surface area contributed by atoms with Crippen molar-refractivity contribution < 1.29 is 18.0 Å². The molecule has 0 saturated carbocycles. The molecular formula is C13H18N2O4S. The molecule has 1 aromatic carbocycles. The van der Waals surface area contributed by atoms with Crippen LogP contribution in [0.15, 0.2) is 29.2 Å². The van der Waals surface area contributed by atoms with Crippen molar-refractivity contribution in [3.63, 3.8) is 0 Å². The minimum Gasteiger partial charge on any atom is -0.337 e. The molecule has 2 amide bonds. The van der Waals surface area contributed by atoms with Gasteiger partial charge in [0.05, 0.1) is 4.90 Å². The first-order chi connectivity index (χ1) is 9.36. The number of ketones is 1. The number of Topliss-reactive ketones (excluding diaryl/α,β-unsaturated/α-hetero) is 1. The van der Waals surface area contributed by atoms with Crippen LogP contribution in [0.2, 0.25) is 0 Å². The van der Waals surface area contributed by atoms with Crippen molar-refractivity contribution in [3.8, 4) is 0 Å². The minimum absolute atomic E-state index is 0.115. The molecule has 0 radical (unpaired) electrons. The lowest BCUT2D eigenvalue weighted by molar-refractivity contribution is 0.101. The highest BCUT2D eigenvalue weighted by Gasteiger charge is 2.18. The van der Waals surface area contributed by atoms with E-state index in [4.69, 9.17) is 0 Å². The highest BCUT2D eigenvalue weighted by molar-refractivity contribution is 7.90. The van der Waals surface area contributed by atoms with Crippen LogP contribution in [0.4, 0.5) is 4.79 Å². The average molecular weight is 298 g/mol. The van der Waals surface area contributed by atoms with Gasteiger partial charge >= 0.3 is 6.03 Å². The lowest BCUT2D eigenvalue weighted by Gasteiger charge is -2.08. The van der Waals surface area contributed by atoms with E-state index in [1.807, 2.05) is 11.6 Å². The molecule has 2 N–H and O–H groups in total. The fraction of sp³-hybridized carbons (Fsp3) is 0.385. The zero-order valence-electron chi connectivity index (χ0n) is 11.5. The van der Waals surface area contributed by atoms with Gasteiger partial charge in [0.15, 0.2) is 5.78 Å². The first kappa shape index (κ1) is 16.2. The summed E-state index contributed by atoms with van der Waals surface area (Å²) in [6, 6.07) is 4.77. The van der Waals surface area contributed by atoms with E-state index in [0.29, 0.717) is 6.54 Å². The maximum absolute atomic E-state index is 12.0. The summed E-state index contributed by atoms with van der Waals surface area (Å²) in [4.78, 5) is 22.6. The molecule has 0 aliphatic heterocycles. The number of hydrogen-bond donors (Lipinski definition) is 2. The molecule has 0 heterocycles. The Kier molecular flexibility index (Phi) is 5.69. The maximum Gasteiger partial charge on any atom is 0.328 e. The number of amides is 2. The molecule has 0 spiro atoms. The van der Waals surface area contributed by atoms with Gasteiger partial charge in [-0.3, -0.25) is 4.79 Å². The fourth-order valence-electron chi connectivity index (χ4n) is 1.48. The summed E-state index contributed by atoms with van der Waals surface area (Å²) in [5.74, 6) is -0.241. The first-order valence-electron chi connectivity index (χ1n) is 6.28. The zero-order valence-corrected chi connectivity index (χ0v) is 12.3. The molecular weight excluding hydrogens is 280 g/mol. The van der Waals surface area contributed by atoms with Gasteiger partial charge < -0.3 is 5.32 Å². The monoisotopic (exact) mass is 298 g/mol. The number of carbonyl (C=O) groups excluding carboxylic acids is 2. The summed E-state index contributed by atoms with van der Waals surface area (Å²) < 4.78 is 25.8. The number of carbonyl (C=O) groups is 2. The molecule has 0 fully saturated rings. The number of benzene rings is 1.